The molecule has 0 aromatic heterocycles. The molecule has 0 aromatic carbocycles. The minimum Gasteiger partial charge on any atom is -0.383 e. The molecule has 0 atom stereocenters. The van der Waals surface area contributed by atoms with Gasteiger partial charge in [0.15, 0.2) is 0 Å². The molecule has 0 aliphatic heterocycles. The molecule has 0 aliphatic carbocycles. The van der Waals surface area contributed by atoms with Crippen LogP contribution in [0.5, 0.6) is 0 Å². The first-order valence-electron chi connectivity index (χ1n) is 3.74. The van der Waals surface area contributed by atoms with Gasteiger partial charge in [0.2, 0.25) is 0 Å². The summed E-state index contributed by atoms with van der Waals surface area (Å²) in [7, 11) is -0.231. The maximum atomic E-state index is 11.2. The van der Waals surface area contributed by atoms with Gasteiger partial charge < -0.3 is 4.74 Å². The van der Waals surface area contributed by atoms with E-state index < -0.39 is 10.2 Å². The number of nitrogens with zero attached hydrogens (tertiary/aromatic N) is 1. The highest BCUT2D eigenvalue weighted by Gasteiger charge is 2.13. The van der Waals surface area contributed by atoms with Crippen molar-refractivity contribution in [2.24, 2.45) is 0 Å². The zero-order chi connectivity index (χ0) is 9.61. The number of hydrogen-bond donors (Lipinski definition) is 1. The fraction of sp³-hybridized carbons (Fsp3) is 1.00. The molecule has 0 aromatic rings. The second kappa shape index (κ2) is 5.47. The van der Waals surface area contributed by atoms with Crippen molar-refractivity contribution in [1.82, 2.24) is 9.03 Å². The second-order valence-corrected chi connectivity index (χ2v) is 4.17. The van der Waals surface area contributed by atoms with E-state index in [9.17, 15) is 8.42 Å². The number of ether oxygens (including phenoxy) is 1. The van der Waals surface area contributed by atoms with E-state index in [0.717, 1.165) is 0 Å². The summed E-state index contributed by atoms with van der Waals surface area (Å²) >= 11 is 0. The van der Waals surface area contributed by atoms with Gasteiger partial charge in [-0.25, -0.2) is 0 Å². The maximum absolute atomic E-state index is 11.2. The molecule has 0 saturated carbocycles. The van der Waals surface area contributed by atoms with E-state index >= 15 is 0 Å². The van der Waals surface area contributed by atoms with Crippen molar-refractivity contribution in [1.29, 1.82) is 0 Å². The Labute approximate surface area is 73.9 Å². The van der Waals surface area contributed by atoms with E-state index in [0.29, 0.717) is 19.7 Å². The average molecular weight is 196 g/mol. The lowest BCUT2D eigenvalue weighted by molar-refractivity contribution is 0.204. The summed E-state index contributed by atoms with van der Waals surface area (Å²) in [6, 6.07) is 0. The van der Waals surface area contributed by atoms with E-state index in [-0.39, 0.29) is 0 Å². The zero-order valence-corrected chi connectivity index (χ0v) is 8.52. The standard InChI is InChI=1S/C6H16N2O3S/c1-4-8(2)12(9,10)7-5-6-11-3/h7H,4-6H2,1-3H3. The minimum atomic E-state index is -3.28. The number of hydrogen-bond acceptors (Lipinski definition) is 3. The summed E-state index contributed by atoms with van der Waals surface area (Å²) in [4.78, 5) is 0. The van der Waals surface area contributed by atoms with Crippen molar-refractivity contribution in [2.45, 2.75) is 6.92 Å². The third-order valence-electron chi connectivity index (χ3n) is 1.45. The molecule has 0 spiro atoms. The Morgan fingerprint density at radius 3 is 2.50 bits per heavy atom. The van der Waals surface area contributed by atoms with Crippen molar-refractivity contribution >= 4 is 10.2 Å². The molecule has 5 nitrogen and oxygen atoms in total. The Morgan fingerprint density at radius 1 is 1.50 bits per heavy atom. The van der Waals surface area contributed by atoms with Crippen molar-refractivity contribution in [3.63, 3.8) is 0 Å². The fourth-order valence-corrected chi connectivity index (χ4v) is 1.45. The molecule has 12 heavy (non-hydrogen) atoms. The van der Waals surface area contributed by atoms with E-state index in [2.05, 4.69) is 4.72 Å². The fourth-order valence-electron chi connectivity index (χ4n) is 0.553. The van der Waals surface area contributed by atoms with Crippen LogP contribution in [0.4, 0.5) is 0 Å². The topological polar surface area (TPSA) is 58.6 Å². The quantitative estimate of drug-likeness (QED) is 0.578. The van der Waals surface area contributed by atoms with E-state index in [1.165, 1.54) is 18.5 Å². The van der Waals surface area contributed by atoms with Crippen LogP contribution in [0.15, 0.2) is 0 Å². The highest BCUT2D eigenvalue weighted by molar-refractivity contribution is 7.87. The molecule has 0 rings (SSSR count). The van der Waals surface area contributed by atoms with Crippen LogP contribution in [0.3, 0.4) is 0 Å². The van der Waals surface area contributed by atoms with Gasteiger partial charge in [-0.15, -0.1) is 0 Å². The van der Waals surface area contributed by atoms with E-state index in [1.54, 1.807) is 6.92 Å². The first-order valence-corrected chi connectivity index (χ1v) is 5.18. The molecule has 0 saturated heterocycles. The third kappa shape index (κ3) is 4.01. The van der Waals surface area contributed by atoms with Gasteiger partial charge in [0, 0.05) is 27.2 Å². The molecule has 1 N–H and O–H groups in total. The molecule has 0 bridgehead atoms. The molecule has 6 heteroatoms. The molecular formula is C6H16N2O3S. The Morgan fingerprint density at radius 2 is 2.08 bits per heavy atom. The van der Waals surface area contributed by atoms with Gasteiger partial charge in [0.05, 0.1) is 6.61 Å². The highest BCUT2D eigenvalue weighted by atomic mass is 32.2. The summed E-state index contributed by atoms with van der Waals surface area (Å²) < 4.78 is 30.7. The molecule has 0 radical (unpaired) electrons. The number of rotatable bonds is 6. The zero-order valence-electron chi connectivity index (χ0n) is 7.70. The van der Waals surface area contributed by atoms with Crippen LogP contribution in [-0.2, 0) is 14.9 Å². The molecule has 0 amide bonds. The Bertz CT molecular complexity index is 203. The normalized spacial score (nSPS) is 12.3. The lowest BCUT2D eigenvalue weighted by atomic mass is 10.7. The molecule has 0 unspecified atom stereocenters. The Hall–Kier alpha value is -0.170. The summed E-state index contributed by atoms with van der Waals surface area (Å²) in [5.41, 5.74) is 0. The van der Waals surface area contributed by atoms with Crippen LogP contribution in [-0.4, -0.2) is 46.6 Å². The van der Waals surface area contributed by atoms with Crippen molar-refractivity contribution in [3.8, 4) is 0 Å². The van der Waals surface area contributed by atoms with Crippen LogP contribution in [0.25, 0.3) is 0 Å². The average Bonchev–Trinajstić information content (AvgIpc) is 2.03. The first kappa shape index (κ1) is 11.8. The van der Waals surface area contributed by atoms with Crippen LogP contribution >= 0.6 is 0 Å². The molecule has 0 aliphatic rings. The van der Waals surface area contributed by atoms with Crippen LogP contribution in [0.1, 0.15) is 6.92 Å². The summed E-state index contributed by atoms with van der Waals surface area (Å²) in [6.07, 6.45) is 0. The molecule has 0 heterocycles. The Kier molecular flexibility index (Phi) is 5.39. The van der Waals surface area contributed by atoms with Gasteiger partial charge >= 0.3 is 0 Å². The summed E-state index contributed by atoms with van der Waals surface area (Å²) in [5, 5.41) is 0. The first-order chi connectivity index (χ1) is 5.54. The molecule has 0 fully saturated rings. The van der Waals surface area contributed by atoms with Gasteiger partial charge in [-0.2, -0.15) is 17.4 Å². The third-order valence-corrected chi connectivity index (χ3v) is 3.09. The van der Waals surface area contributed by atoms with E-state index in [4.69, 9.17) is 4.74 Å². The van der Waals surface area contributed by atoms with Crippen LogP contribution in [0, 0.1) is 0 Å². The van der Waals surface area contributed by atoms with Crippen molar-refractivity contribution in [3.05, 3.63) is 0 Å². The smallest absolute Gasteiger partial charge is 0.279 e. The van der Waals surface area contributed by atoms with Gasteiger partial charge in [-0.05, 0) is 0 Å². The Balaban J connectivity index is 3.88. The summed E-state index contributed by atoms with van der Waals surface area (Å²) in [5.74, 6) is 0. The largest absolute Gasteiger partial charge is 0.383 e. The minimum absolute atomic E-state index is 0.309. The molecular weight excluding hydrogens is 180 g/mol. The van der Waals surface area contributed by atoms with Gasteiger partial charge in [-0.3, -0.25) is 0 Å². The van der Waals surface area contributed by atoms with Crippen LogP contribution < -0.4 is 4.72 Å². The second-order valence-electron chi connectivity index (χ2n) is 2.31. The van der Waals surface area contributed by atoms with E-state index in [1.807, 2.05) is 0 Å². The predicted octanol–water partition coefficient (Wildman–Crippen LogP) is -0.581. The van der Waals surface area contributed by atoms with Crippen LogP contribution in [0.2, 0.25) is 0 Å². The van der Waals surface area contributed by atoms with Gasteiger partial charge in [0.1, 0.15) is 0 Å². The number of nitrogens with one attached hydrogen (secondary N) is 1. The maximum Gasteiger partial charge on any atom is 0.279 e. The van der Waals surface area contributed by atoms with Gasteiger partial charge in [0.25, 0.3) is 10.2 Å². The molecule has 74 valence electrons. The lowest BCUT2D eigenvalue weighted by Gasteiger charge is -2.14. The predicted molar refractivity (Wildman–Crippen MR) is 47.1 cm³/mol. The monoisotopic (exact) mass is 196 g/mol. The summed E-state index contributed by atoms with van der Waals surface area (Å²) in [6.45, 7) is 2.93. The highest BCUT2D eigenvalue weighted by Crippen LogP contribution is 1.90. The SMILES string of the molecule is CCN(C)S(=O)(=O)NCCOC. The van der Waals surface area contributed by atoms with Crippen molar-refractivity contribution < 1.29 is 13.2 Å². The lowest BCUT2D eigenvalue weighted by Crippen LogP contribution is -2.39. The number of methoxy groups -OCH3 is 1. The van der Waals surface area contributed by atoms with Crippen molar-refractivity contribution in [2.75, 3.05) is 33.9 Å². The van der Waals surface area contributed by atoms with Gasteiger partial charge in [-0.1, -0.05) is 6.92 Å².